The van der Waals surface area contributed by atoms with Gasteiger partial charge in [0, 0.05) is 31.2 Å². The number of carbonyl (C=O) groups is 2. The lowest BCUT2D eigenvalue weighted by atomic mass is 9.77. The first-order valence-corrected chi connectivity index (χ1v) is 7.67. The van der Waals surface area contributed by atoms with Gasteiger partial charge in [0.2, 0.25) is 0 Å². The molecule has 0 heterocycles. The first-order chi connectivity index (χ1) is 11.7. The molecule has 1 aliphatic carbocycles. The van der Waals surface area contributed by atoms with E-state index in [1.165, 1.54) is 32.6 Å². The van der Waals surface area contributed by atoms with E-state index >= 15 is 0 Å². The number of methoxy groups -OCH3 is 2. The molecule has 2 N–H and O–H groups in total. The molecule has 0 unspecified atom stereocenters. The van der Waals surface area contributed by atoms with Crippen LogP contribution in [0.4, 0.5) is 5.69 Å². The topological polar surface area (TPSA) is 105 Å². The van der Waals surface area contributed by atoms with Gasteiger partial charge < -0.3 is 19.7 Å². The number of aromatic carboxylic acids is 1. The monoisotopic (exact) mass is 347 g/mol. The zero-order valence-electron chi connectivity index (χ0n) is 14.6. The smallest absolute Gasteiger partial charge is 0.338 e. The van der Waals surface area contributed by atoms with Crippen molar-refractivity contribution in [2.75, 3.05) is 14.2 Å². The molecule has 0 spiro atoms. The van der Waals surface area contributed by atoms with Crippen LogP contribution in [0.1, 0.15) is 37.0 Å². The maximum Gasteiger partial charge on any atom is 0.338 e. The Labute approximate surface area is 145 Å². The van der Waals surface area contributed by atoms with Crippen molar-refractivity contribution in [1.29, 1.82) is 0 Å². The van der Waals surface area contributed by atoms with Crippen LogP contribution in [-0.4, -0.2) is 42.4 Å². The number of carbonyl (C=O) groups excluding carboxylic acids is 1. The lowest BCUT2D eigenvalue weighted by Crippen LogP contribution is -2.26. The highest BCUT2D eigenvalue weighted by Gasteiger charge is 2.32. The molecule has 0 aromatic heterocycles. The van der Waals surface area contributed by atoms with Crippen LogP contribution in [0.15, 0.2) is 28.5 Å². The highest BCUT2D eigenvalue weighted by Crippen LogP contribution is 2.37. The van der Waals surface area contributed by atoms with Gasteiger partial charge in [0.1, 0.15) is 5.76 Å². The van der Waals surface area contributed by atoms with Gasteiger partial charge in [-0.3, -0.25) is 9.79 Å². The number of aliphatic imine (C=N–C) groups is 1. The van der Waals surface area contributed by atoms with Crippen LogP contribution in [0.25, 0.3) is 0 Å². The Morgan fingerprint density at radius 3 is 2.32 bits per heavy atom. The minimum atomic E-state index is -1.19. The zero-order valence-corrected chi connectivity index (χ0v) is 14.6. The molecule has 0 atom stereocenters. The summed E-state index contributed by atoms with van der Waals surface area (Å²) in [5, 5.41) is 19.5. The fourth-order valence-corrected chi connectivity index (χ4v) is 2.73. The third kappa shape index (κ3) is 3.99. The predicted octanol–water partition coefficient (Wildman–Crippen LogP) is 3.31. The number of allylic oxidation sites excluding steroid dienone is 2. The van der Waals surface area contributed by atoms with E-state index in [1.807, 2.05) is 13.8 Å². The Morgan fingerprint density at radius 1 is 1.20 bits per heavy atom. The standard InChI is InChI=1S/C18H21NO6/c1-18(2)7-13(20)11(14(21)8-18)9-19-12-6-16(25-4)15(24-3)5-10(12)17(22)23/h5-6,9,20H,7-8H2,1-4H3,(H,22,23). The highest BCUT2D eigenvalue weighted by molar-refractivity contribution is 6.15. The number of hydrogen-bond acceptors (Lipinski definition) is 6. The van der Waals surface area contributed by atoms with Gasteiger partial charge in [0.05, 0.1) is 31.0 Å². The van der Waals surface area contributed by atoms with Crippen LogP contribution in [-0.2, 0) is 4.79 Å². The number of rotatable bonds is 5. The van der Waals surface area contributed by atoms with E-state index in [4.69, 9.17) is 9.47 Å². The van der Waals surface area contributed by atoms with E-state index in [0.717, 1.165) is 0 Å². The van der Waals surface area contributed by atoms with Crippen LogP contribution >= 0.6 is 0 Å². The van der Waals surface area contributed by atoms with Crippen LogP contribution in [0, 0.1) is 5.41 Å². The molecule has 0 radical (unpaired) electrons. The number of Topliss-reactive ketones (excluding diaryl/α,β-unsaturated/α-hetero) is 1. The van der Waals surface area contributed by atoms with Crippen molar-refractivity contribution in [1.82, 2.24) is 0 Å². The molecule has 1 aliphatic rings. The first kappa shape index (κ1) is 18.5. The molecule has 1 aromatic carbocycles. The molecule has 0 saturated heterocycles. The number of carboxylic acids is 1. The van der Waals surface area contributed by atoms with Gasteiger partial charge in [-0.05, 0) is 5.41 Å². The fraction of sp³-hybridized carbons (Fsp3) is 0.389. The summed E-state index contributed by atoms with van der Waals surface area (Å²) in [6.07, 6.45) is 1.86. The number of ether oxygens (including phenoxy) is 2. The van der Waals surface area contributed by atoms with Gasteiger partial charge in [0.25, 0.3) is 0 Å². The lowest BCUT2D eigenvalue weighted by molar-refractivity contribution is -0.117. The molecule has 25 heavy (non-hydrogen) atoms. The average Bonchev–Trinajstić information content (AvgIpc) is 2.51. The Hall–Kier alpha value is -2.83. The largest absolute Gasteiger partial charge is 0.511 e. The molecule has 7 heteroatoms. The number of aliphatic hydroxyl groups is 1. The van der Waals surface area contributed by atoms with Gasteiger partial charge in [0.15, 0.2) is 17.3 Å². The second-order valence-corrected chi connectivity index (χ2v) is 6.59. The first-order valence-electron chi connectivity index (χ1n) is 7.67. The minimum absolute atomic E-state index is 0.0395. The normalized spacial score (nSPS) is 17.0. The quantitative estimate of drug-likeness (QED) is 0.792. The van der Waals surface area contributed by atoms with E-state index in [2.05, 4.69) is 4.99 Å². The third-order valence-electron chi connectivity index (χ3n) is 3.96. The van der Waals surface area contributed by atoms with E-state index in [9.17, 15) is 19.8 Å². The van der Waals surface area contributed by atoms with Gasteiger partial charge in [-0.15, -0.1) is 0 Å². The molecule has 0 aliphatic heterocycles. The molecule has 7 nitrogen and oxygen atoms in total. The van der Waals surface area contributed by atoms with Crippen molar-refractivity contribution < 1.29 is 29.3 Å². The van der Waals surface area contributed by atoms with Crippen molar-refractivity contribution in [3.05, 3.63) is 29.0 Å². The maximum absolute atomic E-state index is 12.2. The molecule has 0 amide bonds. The SMILES string of the molecule is COc1cc(N=CC2=C(O)CC(C)(C)CC2=O)c(C(=O)O)cc1OC. The molecule has 134 valence electrons. The molecule has 0 bridgehead atoms. The predicted molar refractivity (Wildman–Crippen MR) is 92.3 cm³/mol. The van der Waals surface area contributed by atoms with Crippen molar-refractivity contribution in [2.45, 2.75) is 26.7 Å². The minimum Gasteiger partial charge on any atom is -0.511 e. The summed E-state index contributed by atoms with van der Waals surface area (Å²) in [5.41, 5.74) is -0.209. The van der Waals surface area contributed by atoms with E-state index in [-0.39, 0.29) is 46.0 Å². The van der Waals surface area contributed by atoms with Crippen LogP contribution < -0.4 is 9.47 Å². The van der Waals surface area contributed by atoms with Gasteiger partial charge in [-0.25, -0.2) is 4.79 Å². The maximum atomic E-state index is 12.2. The Morgan fingerprint density at radius 2 is 1.80 bits per heavy atom. The molecule has 0 saturated carbocycles. The Balaban J connectivity index is 2.47. The van der Waals surface area contributed by atoms with Gasteiger partial charge in [-0.2, -0.15) is 0 Å². The number of nitrogens with zero attached hydrogens (tertiary/aromatic N) is 1. The number of ketones is 1. The van der Waals surface area contributed by atoms with Crippen molar-refractivity contribution >= 4 is 23.7 Å². The van der Waals surface area contributed by atoms with Crippen molar-refractivity contribution in [3.63, 3.8) is 0 Å². The second kappa shape index (κ2) is 6.96. The second-order valence-electron chi connectivity index (χ2n) is 6.59. The van der Waals surface area contributed by atoms with Crippen molar-refractivity contribution in [3.8, 4) is 11.5 Å². The highest BCUT2D eigenvalue weighted by atomic mass is 16.5. The summed E-state index contributed by atoms with van der Waals surface area (Å²) in [7, 11) is 2.82. The third-order valence-corrected chi connectivity index (χ3v) is 3.96. The van der Waals surface area contributed by atoms with Crippen molar-refractivity contribution in [2.24, 2.45) is 10.4 Å². The van der Waals surface area contributed by atoms with Crippen LogP contribution in [0.5, 0.6) is 11.5 Å². The number of aliphatic hydroxyl groups excluding tert-OH is 1. The number of hydrogen-bond donors (Lipinski definition) is 2. The summed E-state index contributed by atoms with van der Waals surface area (Å²) < 4.78 is 10.2. The van der Waals surface area contributed by atoms with E-state index in [0.29, 0.717) is 12.2 Å². The number of carboxylic acid groups (broad SMARTS) is 1. The summed E-state index contributed by atoms with van der Waals surface area (Å²) >= 11 is 0. The van der Waals surface area contributed by atoms with Gasteiger partial charge in [-0.1, -0.05) is 13.8 Å². The molecule has 0 fully saturated rings. The average molecular weight is 347 g/mol. The molecular formula is C18H21NO6. The van der Waals surface area contributed by atoms with E-state index < -0.39 is 5.97 Å². The van der Waals surface area contributed by atoms with E-state index in [1.54, 1.807) is 0 Å². The van der Waals surface area contributed by atoms with Crippen LogP contribution in [0.3, 0.4) is 0 Å². The molecular weight excluding hydrogens is 326 g/mol. The van der Waals surface area contributed by atoms with Gasteiger partial charge >= 0.3 is 5.97 Å². The summed E-state index contributed by atoms with van der Waals surface area (Å²) in [5.74, 6) is -0.884. The summed E-state index contributed by atoms with van der Waals surface area (Å²) in [6, 6.07) is 2.71. The fourth-order valence-electron chi connectivity index (χ4n) is 2.73. The lowest BCUT2D eigenvalue weighted by Gasteiger charge is -2.28. The summed E-state index contributed by atoms with van der Waals surface area (Å²) in [4.78, 5) is 27.8. The van der Waals surface area contributed by atoms with Crippen LogP contribution in [0.2, 0.25) is 0 Å². The summed E-state index contributed by atoms with van der Waals surface area (Å²) in [6.45, 7) is 3.79. The molecule has 1 aromatic rings. The Kier molecular flexibility index (Phi) is 5.15. The molecule has 2 rings (SSSR count). The number of benzene rings is 1. The zero-order chi connectivity index (χ0) is 18.8. The Bertz CT molecular complexity index is 776.